The van der Waals surface area contributed by atoms with Gasteiger partial charge in [0.05, 0.1) is 17.2 Å². The number of ether oxygens (including phenoxy) is 1. The van der Waals surface area contributed by atoms with Crippen LogP contribution in [0.3, 0.4) is 0 Å². The minimum Gasteiger partial charge on any atom is -0.494 e. The lowest BCUT2D eigenvalue weighted by Crippen LogP contribution is -2.12. The number of hydrogen-bond acceptors (Lipinski definition) is 3. The van der Waals surface area contributed by atoms with Crippen LogP contribution in [0, 0.1) is 0 Å². The van der Waals surface area contributed by atoms with Gasteiger partial charge in [0.15, 0.2) is 5.75 Å². The van der Waals surface area contributed by atoms with E-state index >= 15 is 0 Å². The van der Waals surface area contributed by atoms with Crippen molar-refractivity contribution >= 4 is 46.2 Å². The molecule has 0 aliphatic heterocycles. The van der Waals surface area contributed by atoms with E-state index in [1.54, 1.807) is 0 Å². The van der Waals surface area contributed by atoms with Crippen LogP contribution in [-0.2, 0) is 0 Å². The van der Waals surface area contributed by atoms with Crippen molar-refractivity contribution in [3.8, 4) is 5.75 Å². The Bertz CT molecular complexity index is 890. The molecule has 132 valence electrons. The third-order valence-electron chi connectivity index (χ3n) is 3.67. The first-order valence-corrected chi connectivity index (χ1v) is 8.59. The molecule has 0 radical (unpaired) electrons. The highest BCUT2D eigenvalue weighted by atomic mass is 35.5. The third-order valence-corrected chi connectivity index (χ3v) is 4.23. The number of rotatable bonds is 5. The monoisotopic (exact) mass is 386 g/mol. The summed E-state index contributed by atoms with van der Waals surface area (Å²) in [6.45, 7) is 0. The van der Waals surface area contributed by atoms with Crippen LogP contribution in [0.4, 0.5) is 17.1 Å². The molecule has 6 heteroatoms. The molecule has 0 atom stereocenters. The number of nitrogens with one attached hydrogen (secondary N) is 2. The van der Waals surface area contributed by atoms with Crippen LogP contribution in [0.15, 0.2) is 66.7 Å². The van der Waals surface area contributed by atoms with E-state index in [2.05, 4.69) is 10.6 Å². The average Bonchev–Trinajstić information content (AvgIpc) is 2.64. The Morgan fingerprint density at radius 3 is 1.96 bits per heavy atom. The number of amides is 1. The van der Waals surface area contributed by atoms with Crippen molar-refractivity contribution in [2.45, 2.75) is 0 Å². The molecule has 26 heavy (non-hydrogen) atoms. The Morgan fingerprint density at radius 2 is 1.38 bits per heavy atom. The van der Waals surface area contributed by atoms with Gasteiger partial charge in [0.1, 0.15) is 0 Å². The highest BCUT2D eigenvalue weighted by molar-refractivity contribution is 6.37. The summed E-state index contributed by atoms with van der Waals surface area (Å²) in [5.74, 6) is 0.0430. The fourth-order valence-corrected chi connectivity index (χ4v) is 3.06. The Kier molecular flexibility index (Phi) is 5.66. The summed E-state index contributed by atoms with van der Waals surface area (Å²) < 4.78 is 5.09. The predicted molar refractivity (Wildman–Crippen MR) is 107 cm³/mol. The maximum atomic E-state index is 12.4. The zero-order valence-electron chi connectivity index (χ0n) is 13.9. The summed E-state index contributed by atoms with van der Waals surface area (Å²) in [7, 11) is 1.47. The van der Waals surface area contributed by atoms with Gasteiger partial charge >= 0.3 is 0 Å². The molecule has 0 saturated carbocycles. The van der Waals surface area contributed by atoms with Crippen molar-refractivity contribution in [3.63, 3.8) is 0 Å². The zero-order valence-corrected chi connectivity index (χ0v) is 15.4. The molecule has 4 nitrogen and oxygen atoms in total. The first-order valence-electron chi connectivity index (χ1n) is 7.83. The summed E-state index contributed by atoms with van der Waals surface area (Å²) in [5, 5.41) is 6.67. The van der Waals surface area contributed by atoms with Gasteiger partial charge < -0.3 is 15.4 Å². The lowest BCUT2D eigenvalue weighted by molar-refractivity contribution is 0.102. The van der Waals surface area contributed by atoms with Gasteiger partial charge in [0, 0.05) is 22.6 Å². The van der Waals surface area contributed by atoms with E-state index < -0.39 is 0 Å². The second kappa shape index (κ2) is 8.13. The second-order valence-electron chi connectivity index (χ2n) is 5.50. The molecular formula is C20H16Cl2N2O2. The van der Waals surface area contributed by atoms with Crippen LogP contribution in [-0.4, -0.2) is 13.0 Å². The molecule has 0 aromatic heterocycles. The van der Waals surface area contributed by atoms with Gasteiger partial charge in [-0.15, -0.1) is 0 Å². The van der Waals surface area contributed by atoms with E-state index in [9.17, 15) is 4.79 Å². The molecular weight excluding hydrogens is 371 g/mol. The molecule has 3 rings (SSSR count). The zero-order chi connectivity index (χ0) is 18.5. The highest BCUT2D eigenvalue weighted by Crippen LogP contribution is 2.34. The summed E-state index contributed by atoms with van der Waals surface area (Å²) in [4.78, 5) is 12.4. The molecule has 0 aliphatic rings. The number of methoxy groups -OCH3 is 1. The van der Waals surface area contributed by atoms with Gasteiger partial charge in [-0.1, -0.05) is 41.4 Å². The van der Waals surface area contributed by atoms with Crippen molar-refractivity contribution in [3.05, 3.63) is 82.3 Å². The Morgan fingerprint density at radius 1 is 0.846 bits per heavy atom. The number of anilines is 3. The van der Waals surface area contributed by atoms with E-state index in [-0.39, 0.29) is 16.0 Å². The number of carbonyl (C=O) groups excluding carboxylic acids is 1. The number of halogens is 2. The summed E-state index contributed by atoms with van der Waals surface area (Å²) in [6, 6.07) is 20.3. The molecule has 1 amide bonds. The van der Waals surface area contributed by atoms with Gasteiger partial charge in [-0.3, -0.25) is 4.79 Å². The van der Waals surface area contributed by atoms with Crippen LogP contribution in [0.25, 0.3) is 0 Å². The minimum atomic E-state index is -0.305. The predicted octanol–water partition coefficient (Wildman–Crippen LogP) is 6.00. The smallest absolute Gasteiger partial charge is 0.255 e. The van der Waals surface area contributed by atoms with Crippen molar-refractivity contribution in [2.24, 2.45) is 0 Å². The number of carbonyl (C=O) groups is 1. The molecule has 0 heterocycles. The standard InChI is InChI=1S/C20H16Cl2N2O2/c1-26-19-17(21)11-13(12-18(19)22)20(25)24-16-9-7-15(8-10-16)23-14-5-3-2-4-6-14/h2-12,23H,1H3,(H,24,25). The quantitative estimate of drug-likeness (QED) is 0.565. The first-order chi connectivity index (χ1) is 12.6. The Hall–Kier alpha value is -2.69. The third kappa shape index (κ3) is 4.28. The lowest BCUT2D eigenvalue weighted by Gasteiger charge is -2.10. The molecule has 3 aromatic carbocycles. The van der Waals surface area contributed by atoms with Crippen molar-refractivity contribution < 1.29 is 9.53 Å². The molecule has 2 N–H and O–H groups in total. The minimum absolute atomic E-state index is 0.285. The number of hydrogen-bond donors (Lipinski definition) is 2. The van der Waals surface area contributed by atoms with Gasteiger partial charge in [-0.05, 0) is 48.5 Å². The number of benzene rings is 3. The SMILES string of the molecule is COc1c(Cl)cc(C(=O)Nc2ccc(Nc3ccccc3)cc2)cc1Cl. The Labute approximate surface area is 161 Å². The molecule has 0 aliphatic carbocycles. The number of para-hydroxylation sites is 1. The van der Waals surface area contributed by atoms with E-state index in [1.165, 1.54) is 19.2 Å². The van der Waals surface area contributed by atoms with E-state index in [0.29, 0.717) is 17.0 Å². The van der Waals surface area contributed by atoms with Crippen molar-refractivity contribution in [2.75, 3.05) is 17.7 Å². The maximum absolute atomic E-state index is 12.4. The largest absolute Gasteiger partial charge is 0.494 e. The van der Waals surface area contributed by atoms with Gasteiger partial charge in [-0.25, -0.2) is 0 Å². The fourth-order valence-electron chi connectivity index (χ4n) is 2.41. The molecule has 0 fully saturated rings. The summed E-state index contributed by atoms with van der Waals surface area (Å²) in [5.41, 5.74) is 2.93. The molecule has 0 saturated heterocycles. The maximum Gasteiger partial charge on any atom is 0.255 e. The highest BCUT2D eigenvalue weighted by Gasteiger charge is 2.13. The molecule has 0 spiro atoms. The topological polar surface area (TPSA) is 50.4 Å². The van der Waals surface area contributed by atoms with Crippen LogP contribution >= 0.6 is 23.2 Å². The molecule has 3 aromatic rings. The van der Waals surface area contributed by atoms with Gasteiger partial charge in [0.25, 0.3) is 5.91 Å². The van der Waals surface area contributed by atoms with Crippen LogP contribution in [0.2, 0.25) is 10.0 Å². The molecule has 0 bridgehead atoms. The van der Waals surface area contributed by atoms with Gasteiger partial charge in [-0.2, -0.15) is 0 Å². The van der Waals surface area contributed by atoms with E-state index in [4.69, 9.17) is 27.9 Å². The van der Waals surface area contributed by atoms with Crippen molar-refractivity contribution in [1.82, 2.24) is 0 Å². The Balaban J connectivity index is 1.70. The van der Waals surface area contributed by atoms with Crippen LogP contribution < -0.4 is 15.4 Å². The fraction of sp³-hybridized carbons (Fsp3) is 0.0500. The summed E-state index contributed by atoms with van der Waals surface area (Å²) >= 11 is 12.2. The summed E-state index contributed by atoms with van der Waals surface area (Å²) in [6.07, 6.45) is 0. The van der Waals surface area contributed by atoms with Gasteiger partial charge in [0.2, 0.25) is 0 Å². The van der Waals surface area contributed by atoms with E-state index in [1.807, 2.05) is 54.6 Å². The second-order valence-corrected chi connectivity index (χ2v) is 6.31. The van der Waals surface area contributed by atoms with Crippen LogP contribution in [0.5, 0.6) is 5.75 Å². The molecule has 0 unspecified atom stereocenters. The van der Waals surface area contributed by atoms with E-state index in [0.717, 1.165) is 11.4 Å². The average molecular weight is 387 g/mol. The van der Waals surface area contributed by atoms with Crippen molar-refractivity contribution in [1.29, 1.82) is 0 Å². The first kappa shape index (κ1) is 18.1. The van der Waals surface area contributed by atoms with Crippen LogP contribution in [0.1, 0.15) is 10.4 Å². The lowest BCUT2D eigenvalue weighted by atomic mass is 10.2. The normalized spacial score (nSPS) is 10.3.